The molecule has 1 aromatic carbocycles. The molecule has 2 heterocycles. The van der Waals surface area contributed by atoms with Gasteiger partial charge in [-0.3, -0.25) is 0 Å². The Kier molecular flexibility index (Phi) is 4.85. The monoisotopic (exact) mass is 327 g/mol. The molecule has 1 aliphatic heterocycles. The van der Waals surface area contributed by atoms with Crippen LogP contribution in [0.15, 0.2) is 24.3 Å². The second-order valence-corrected chi connectivity index (χ2v) is 6.31. The first-order valence-electron chi connectivity index (χ1n) is 8.26. The summed E-state index contributed by atoms with van der Waals surface area (Å²) in [5, 5.41) is 3.38. The predicted octanol–water partition coefficient (Wildman–Crippen LogP) is 2.60. The molecule has 128 valence electrons. The minimum Gasteiger partial charge on any atom is -0.495 e. The Labute approximate surface area is 143 Å². The molecule has 1 aliphatic rings. The molecule has 0 atom stereocenters. The molecule has 1 N–H and O–H groups in total. The maximum atomic E-state index is 5.44. The molecular formula is C18H25N5O. The van der Waals surface area contributed by atoms with Crippen molar-refractivity contribution in [3.05, 3.63) is 35.5 Å². The van der Waals surface area contributed by atoms with Gasteiger partial charge in [-0.2, -0.15) is 4.98 Å². The van der Waals surface area contributed by atoms with Crippen molar-refractivity contribution in [1.29, 1.82) is 0 Å². The second kappa shape index (κ2) is 7.05. The van der Waals surface area contributed by atoms with Crippen molar-refractivity contribution in [2.24, 2.45) is 0 Å². The second-order valence-electron chi connectivity index (χ2n) is 6.31. The first-order chi connectivity index (χ1) is 11.5. The zero-order valence-corrected chi connectivity index (χ0v) is 14.8. The van der Waals surface area contributed by atoms with Gasteiger partial charge < -0.3 is 19.9 Å². The quantitative estimate of drug-likeness (QED) is 0.931. The third-order valence-electron chi connectivity index (χ3n) is 4.25. The Morgan fingerprint density at radius 1 is 1.04 bits per heavy atom. The summed E-state index contributed by atoms with van der Waals surface area (Å²) in [4.78, 5) is 13.9. The molecule has 0 saturated carbocycles. The van der Waals surface area contributed by atoms with Crippen LogP contribution in [0.2, 0.25) is 0 Å². The summed E-state index contributed by atoms with van der Waals surface area (Å²) < 4.78 is 5.44. The van der Waals surface area contributed by atoms with Gasteiger partial charge in [0.2, 0.25) is 5.95 Å². The fourth-order valence-electron chi connectivity index (χ4n) is 2.82. The number of piperazine rings is 1. The van der Waals surface area contributed by atoms with E-state index in [0.717, 1.165) is 55.1 Å². The molecule has 0 spiro atoms. The number of anilines is 3. The summed E-state index contributed by atoms with van der Waals surface area (Å²) in [5.41, 5.74) is 3.04. The number of rotatable bonds is 4. The van der Waals surface area contributed by atoms with Crippen LogP contribution in [0, 0.1) is 13.8 Å². The van der Waals surface area contributed by atoms with Crippen LogP contribution in [-0.4, -0.2) is 55.2 Å². The average Bonchev–Trinajstić information content (AvgIpc) is 2.55. The molecule has 2 aromatic rings. The van der Waals surface area contributed by atoms with Crippen LogP contribution >= 0.6 is 0 Å². The topological polar surface area (TPSA) is 53.5 Å². The van der Waals surface area contributed by atoms with E-state index >= 15 is 0 Å². The molecular weight excluding hydrogens is 302 g/mol. The van der Waals surface area contributed by atoms with Crippen LogP contribution in [0.4, 0.5) is 17.5 Å². The van der Waals surface area contributed by atoms with Crippen LogP contribution in [0.25, 0.3) is 0 Å². The van der Waals surface area contributed by atoms with Gasteiger partial charge >= 0.3 is 0 Å². The van der Waals surface area contributed by atoms with E-state index < -0.39 is 0 Å². The molecule has 3 rings (SSSR count). The van der Waals surface area contributed by atoms with Crippen molar-refractivity contribution in [1.82, 2.24) is 14.9 Å². The van der Waals surface area contributed by atoms with E-state index in [9.17, 15) is 0 Å². The van der Waals surface area contributed by atoms with Crippen molar-refractivity contribution in [2.45, 2.75) is 13.8 Å². The Hall–Kier alpha value is -2.34. The van der Waals surface area contributed by atoms with Crippen LogP contribution in [0.1, 0.15) is 11.3 Å². The van der Waals surface area contributed by atoms with Crippen LogP contribution < -0.4 is 15.0 Å². The zero-order valence-electron chi connectivity index (χ0n) is 14.8. The van der Waals surface area contributed by atoms with Gasteiger partial charge in [0.25, 0.3) is 0 Å². The molecule has 1 aromatic heterocycles. The summed E-state index contributed by atoms with van der Waals surface area (Å²) in [6.45, 7) is 8.03. The molecule has 1 fully saturated rings. The smallest absolute Gasteiger partial charge is 0.227 e. The standard InChI is InChI=1S/C18H25N5O/c1-13-5-6-16(24-4)15(11-13)20-17-12-14(2)19-18(21-17)23-9-7-22(3)8-10-23/h5-6,11-12H,7-10H2,1-4H3,(H,19,20,21). The van der Waals surface area contributed by atoms with Crippen molar-refractivity contribution in [3.63, 3.8) is 0 Å². The number of methoxy groups -OCH3 is 1. The lowest BCUT2D eigenvalue weighted by molar-refractivity contribution is 0.311. The highest BCUT2D eigenvalue weighted by Crippen LogP contribution is 2.28. The number of ether oxygens (including phenoxy) is 1. The molecule has 0 aliphatic carbocycles. The summed E-state index contributed by atoms with van der Waals surface area (Å²) in [6.07, 6.45) is 0. The highest BCUT2D eigenvalue weighted by Gasteiger charge is 2.17. The normalized spacial score (nSPS) is 15.4. The average molecular weight is 327 g/mol. The van der Waals surface area contributed by atoms with Gasteiger partial charge in [-0.05, 0) is 38.6 Å². The number of nitrogens with zero attached hydrogens (tertiary/aromatic N) is 4. The largest absolute Gasteiger partial charge is 0.495 e. The minimum atomic E-state index is 0.789. The van der Waals surface area contributed by atoms with Gasteiger partial charge in [0, 0.05) is 37.9 Å². The van der Waals surface area contributed by atoms with E-state index in [4.69, 9.17) is 9.72 Å². The molecule has 0 unspecified atom stereocenters. The highest BCUT2D eigenvalue weighted by molar-refractivity contribution is 5.66. The van der Waals surface area contributed by atoms with Crippen molar-refractivity contribution in [2.75, 3.05) is 50.6 Å². The van der Waals surface area contributed by atoms with Crippen LogP contribution in [-0.2, 0) is 0 Å². The van der Waals surface area contributed by atoms with Gasteiger partial charge in [0.1, 0.15) is 11.6 Å². The molecule has 24 heavy (non-hydrogen) atoms. The van der Waals surface area contributed by atoms with E-state index in [1.807, 2.05) is 25.1 Å². The van der Waals surface area contributed by atoms with Crippen LogP contribution in [0.3, 0.4) is 0 Å². The number of aromatic nitrogens is 2. The maximum absolute atomic E-state index is 5.44. The van der Waals surface area contributed by atoms with Gasteiger partial charge in [-0.1, -0.05) is 6.07 Å². The first kappa shape index (κ1) is 16.5. The van der Waals surface area contributed by atoms with Gasteiger partial charge in [-0.15, -0.1) is 0 Å². The van der Waals surface area contributed by atoms with E-state index in [0.29, 0.717) is 0 Å². The maximum Gasteiger partial charge on any atom is 0.227 e. The summed E-state index contributed by atoms with van der Waals surface area (Å²) in [6, 6.07) is 8.02. The molecule has 0 bridgehead atoms. The van der Waals surface area contributed by atoms with E-state index in [1.165, 1.54) is 5.56 Å². The van der Waals surface area contributed by atoms with Crippen molar-refractivity contribution >= 4 is 17.5 Å². The van der Waals surface area contributed by atoms with Gasteiger partial charge in [-0.25, -0.2) is 4.98 Å². The SMILES string of the molecule is COc1ccc(C)cc1Nc1cc(C)nc(N2CCN(C)CC2)n1. The number of aryl methyl sites for hydroxylation is 2. The van der Waals surface area contributed by atoms with E-state index in [1.54, 1.807) is 7.11 Å². The molecule has 6 nitrogen and oxygen atoms in total. The number of likely N-dealkylation sites (N-methyl/N-ethyl adjacent to an activating group) is 1. The fourth-order valence-corrected chi connectivity index (χ4v) is 2.82. The van der Waals surface area contributed by atoms with E-state index in [2.05, 4.69) is 40.1 Å². The lowest BCUT2D eigenvalue weighted by Gasteiger charge is -2.32. The zero-order chi connectivity index (χ0) is 17.1. The highest BCUT2D eigenvalue weighted by atomic mass is 16.5. The first-order valence-corrected chi connectivity index (χ1v) is 8.26. The van der Waals surface area contributed by atoms with E-state index in [-0.39, 0.29) is 0 Å². The molecule has 1 saturated heterocycles. The van der Waals surface area contributed by atoms with Gasteiger partial charge in [0.05, 0.1) is 12.8 Å². The van der Waals surface area contributed by atoms with Crippen LogP contribution in [0.5, 0.6) is 5.75 Å². The number of hydrogen-bond donors (Lipinski definition) is 1. The Morgan fingerprint density at radius 3 is 2.50 bits per heavy atom. The molecule has 0 radical (unpaired) electrons. The van der Waals surface area contributed by atoms with Crippen molar-refractivity contribution < 1.29 is 4.74 Å². The Morgan fingerprint density at radius 2 is 1.79 bits per heavy atom. The fraction of sp³-hybridized carbons (Fsp3) is 0.444. The summed E-state index contributed by atoms with van der Waals surface area (Å²) in [5.74, 6) is 2.38. The minimum absolute atomic E-state index is 0.789. The summed E-state index contributed by atoms with van der Waals surface area (Å²) in [7, 11) is 3.82. The van der Waals surface area contributed by atoms with Crippen molar-refractivity contribution in [3.8, 4) is 5.75 Å². The lowest BCUT2D eigenvalue weighted by Crippen LogP contribution is -2.45. The van der Waals surface area contributed by atoms with Gasteiger partial charge in [0.15, 0.2) is 0 Å². The molecule has 0 amide bonds. The third kappa shape index (κ3) is 3.76. The summed E-state index contributed by atoms with van der Waals surface area (Å²) >= 11 is 0. The predicted molar refractivity (Wildman–Crippen MR) is 97.5 cm³/mol. The number of nitrogens with one attached hydrogen (secondary N) is 1. The Bertz CT molecular complexity index is 711. The Balaban J connectivity index is 1.85. The number of benzene rings is 1. The lowest BCUT2D eigenvalue weighted by atomic mass is 10.2. The number of hydrogen-bond acceptors (Lipinski definition) is 6. The molecule has 6 heteroatoms. The third-order valence-corrected chi connectivity index (χ3v) is 4.25.